The van der Waals surface area contributed by atoms with Crippen molar-refractivity contribution < 1.29 is 23.5 Å². The Hall–Kier alpha value is -3.22. The van der Waals surface area contributed by atoms with Crippen LogP contribution in [0.15, 0.2) is 36.4 Å². The Morgan fingerprint density at radius 1 is 1.00 bits per heavy atom. The normalized spacial score (nSPS) is 10.2. The van der Waals surface area contributed by atoms with E-state index in [9.17, 15) is 18.8 Å². The molecule has 6 nitrogen and oxygen atoms in total. The predicted molar refractivity (Wildman–Crippen MR) is 92.9 cm³/mol. The zero-order valence-electron chi connectivity index (χ0n) is 14.7. The summed E-state index contributed by atoms with van der Waals surface area (Å²) < 4.78 is 18.4. The molecule has 2 aromatic carbocycles. The number of hydrogen-bond donors (Lipinski definition) is 2. The number of hydrogen-bond acceptors (Lipinski definition) is 4. The van der Waals surface area contributed by atoms with Gasteiger partial charge in [-0.15, -0.1) is 0 Å². The third-order valence-electron chi connectivity index (χ3n) is 3.65. The molecule has 0 saturated carbocycles. The predicted octanol–water partition coefficient (Wildman–Crippen LogP) is 2.37. The van der Waals surface area contributed by atoms with Gasteiger partial charge in [0.2, 0.25) is 0 Å². The number of amides is 2. The number of esters is 1. The van der Waals surface area contributed by atoms with Crippen LogP contribution in [0, 0.1) is 26.6 Å². The molecule has 0 radical (unpaired) electrons. The van der Waals surface area contributed by atoms with E-state index < -0.39 is 30.2 Å². The zero-order chi connectivity index (χ0) is 19.3. The van der Waals surface area contributed by atoms with Crippen molar-refractivity contribution in [2.24, 2.45) is 0 Å². The highest BCUT2D eigenvalue weighted by atomic mass is 19.1. The molecule has 0 saturated heterocycles. The number of carbonyl (C=O) groups is 3. The van der Waals surface area contributed by atoms with E-state index >= 15 is 0 Å². The minimum atomic E-state index is -0.812. The van der Waals surface area contributed by atoms with Gasteiger partial charge >= 0.3 is 5.97 Å². The fourth-order valence-corrected chi connectivity index (χ4v) is 2.58. The van der Waals surface area contributed by atoms with Gasteiger partial charge in [0, 0.05) is 0 Å². The number of halogens is 1. The summed E-state index contributed by atoms with van der Waals surface area (Å²) in [5, 5.41) is 0. The third-order valence-corrected chi connectivity index (χ3v) is 3.65. The maximum atomic E-state index is 13.5. The first kappa shape index (κ1) is 19.1. The highest BCUT2D eigenvalue weighted by molar-refractivity contribution is 5.96. The number of nitrogens with one attached hydrogen (secondary N) is 2. The van der Waals surface area contributed by atoms with Crippen molar-refractivity contribution >= 4 is 17.8 Å². The standard InChI is InChI=1S/C19H19FN2O4/c1-11-8-12(2)17(13(3)9-11)19(25)26-10-16(23)21-22-18(24)14-6-4-5-7-15(14)20/h4-9H,10H2,1-3H3,(H,21,23)(H,22,24). The van der Waals surface area contributed by atoms with E-state index in [0.29, 0.717) is 5.56 Å². The monoisotopic (exact) mass is 358 g/mol. The van der Waals surface area contributed by atoms with Crippen LogP contribution in [-0.2, 0) is 9.53 Å². The summed E-state index contributed by atoms with van der Waals surface area (Å²) >= 11 is 0. The van der Waals surface area contributed by atoms with Crippen LogP contribution >= 0.6 is 0 Å². The second-order valence-corrected chi connectivity index (χ2v) is 5.83. The lowest BCUT2D eigenvalue weighted by Crippen LogP contribution is -2.43. The van der Waals surface area contributed by atoms with Crippen LogP contribution in [0.5, 0.6) is 0 Å². The van der Waals surface area contributed by atoms with Crippen LogP contribution < -0.4 is 10.9 Å². The molecule has 0 fully saturated rings. The van der Waals surface area contributed by atoms with Crippen molar-refractivity contribution in [3.05, 3.63) is 70.0 Å². The SMILES string of the molecule is Cc1cc(C)c(C(=O)OCC(=O)NNC(=O)c2ccccc2F)c(C)c1. The highest BCUT2D eigenvalue weighted by Crippen LogP contribution is 2.17. The molecule has 0 atom stereocenters. The van der Waals surface area contributed by atoms with Crippen molar-refractivity contribution in [1.29, 1.82) is 0 Å². The van der Waals surface area contributed by atoms with Gasteiger partial charge in [-0.3, -0.25) is 20.4 Å². The quantitative estimate of drug-likeness (QED) is 0.649. The summed E-state index contributed by atoms with van der Waals surface area (Å²) in [5.41, 5.74) is 6.84. The van der Waals surface area contributed by atoms with E-state index in [2.05, 4.69) is 10.9 Å². The van der Waals surface area contributed by atoms with Crippen molar-refractivity contribution in [1.82, 2.24) is 10.9 Å². The number of benzene rings is 2. The van der Waals surface area contributed by atoms with Crippen LogP contribution in [0.3, 0.4) is 0 Å². The number of carbonyl (C=O) groups excluding carboxylic acids is 3. The molecule has 2 aromatic rings. The molecule has 0 aliphatic heterocycles. The topological polar surface area (TPSA) is 84.5 Å². The summed E-state index contributed by atoms with van der Waals surface area (Å²) in [6, 6.07) is 9.04. The molecule has 7 heteroatoms. The summed E-state index contributed by atoms with van der Waals surface area (Å²) in [7, 11) is 0. The second-order valence-electron chi connectivity index (χ2n) is 5.83. The average Bonchev–Trinajstić information content (AvgIpc) is 2.57. The van der Waals surface area contributed by atoms with E-state index in [1.54, 1.807) is 13.8 Å². The van der Waals surface area contributed by atoms with Crippen molar-refractivity contribution in [2.75, 3.05) is 6.61 Å². The maximum Gasteiger partial charge on any atom is 0.339 e. The molecule has 0 aliphatic carbocycles. The molecule has 0 bridgehead atoms. The van der Waals surface area contributed by atoms with Crippen LogP contribution in [0.25, 0.3) is 0 Å². The minimum absolute atomic E-state index is 0.212. The van der Waals surface area contributed by atoms with Gasteiger partial charge in [0.05, 0.1) is 11.1 Å². The summed E-state index contributed by atoms with van der Waals surface area (Å²) in [6.45, 7) is 4.90. The van der Waals surface area contributed by atoms with Gasteiger partial charge in [-0.2, -0.15) is 0 Å². The first-order chi connectivity index (χ1) is 12.3. The van der Waals surface area contributed by atoms with E-state index in [0.717, 1.165) is 22.8 Å². The molecule has 0 unspecified atom stereocenters. The summed E-state index contributed by atoms with van der Waals surface area (Å²) in [5.74, 6) is -2.90. The lowest BCUT2D eigenvalue weighted by molar-refractivity contribution is -0.125. The lowest BCUT2D eigenvalue weighted by Gasteiger charge is -2.11. The average molecular weight is 358 g/mol. The molecule has 2 amide bonds. The lowest BCUT2D eigenvalue weighted by atomic mass is 10.00. The van der Waals surface area contributed by atoms with Crippen LogP contribution in [0.4, 0.5) is 4.39 Å². The fraction of sp³-hybridized carbons (Fsp3) is 0.211. The van der Waals surface area contributed by atoms with Crippen LogP contribution in [0.1, 0.15) is 37.4 Å². The zero-order valence-corrected chi connectivity index (χ0v) is 14.7. The van der Waals surface area contributed by atoms with Crippen molar-refractivity contribution in [3.8, 4) is 0 Å². The molecule has 0 aliphatic rings. The Kier molecular flexibility index (Phi) is 6.06. The summed E-state index contributed by atoms with van der Waals surface area (Å²) in [4.78, 5) is 35.7. The molecule has 0 aromatic heterocycles. The molecule has 26 heavy (non-hydrogen) atoms. The number of hydrazine groups is 1. The minimum Gasteiger partial charge on any atom is -0.452 e. The largest absolute Gasteiger partial charge is 0.452 e. The number of ether oxygens (including phenoxy) is 1. The Labute approximate surface area is 150 Å². The first-order valence-corrected chi connectivity index (χ1v) is 7.88. The molecular formula is C19H19FN2O4. The second kappa shape index (κ2) is 8.24. The van der Waals surface area contributed by atoms with Gasteiger partial charge in [-0.05, 0) is 44.0 Å². The van der Waals surface area contributed by atoms with Gasteiger partial charge in [0.25, 0.3) is 11.8 Å². The van der Waals surface area contributed by atoms with Crippen molar-refractivity contribution in [2.45, 2.75) is 20.8 Å². The maximum absolute atomic E-state index is 13.5. The van der Waals surface area contributed by atoms with E-state index in [1.165, 1.54) is 18.2 Å². The highest BCUT2D eigenvalue weighted by Gasteiger charge is 2.16. The fourth-order valence-electron chi connectivity index (χ4n) is 2.58. The van der Waals surface area contributed by atoms with E-state index in [4.69, 9.17) is 4.74 Å². The first-order valence-electron chi connectivity index (χ1n) is 7.88. The molecule has 2 rings (SSSR count). The Bertz CT molecular complexity index is 841. The number of rotatable bonds is 4. The van der Waals surface area contributed by atoms with Crippen molar-refractivity contribution in [3.63, 3.8) is 0 Å². The molecule has 2 N–H and O–H groups in total. The molecule has 136 valence electrons. The summed E-state index contributed by atoms with van der Waals surface area (Å²) in [6.07, 6.45) is 0. The number of aryl methyl sites for hydroxylation is 3. The van der Waals surface area contributed by atoms with Gasteiger partial charge < -0.3 is 4.74 Å². The van der Waals surface area contributed by atoms with E-state index in [-0.39, 0.29) is 5.56 Å². The Morgan fingerprint density at radius 3 is 2.23 bits per heavy atom. The molecule has 0 spiro atoms. The van der Waals surface area contributed by atoms with Gasteiger partial charge in [-0.25, -0.2) is 9.18 Å². The van der Waals surface area contributed by atoms with Gasteiger partial charge in [0.15, 0.2) is 6.61 Å². The smallest absolute Gasteiger partial charge is 0.339 e. The Balaban J connectivity index is 1.88. The Morgan fingerprint density at radius 2 is 1.62 bits per heavy atom. The molecular weight excluding hydrogens is 339 g/mol. The van der Waals surface area contributed by atoms with Gasteiger partial charge in [-0.1, -0.05) is 29.8 Å². The van der Waals surface area contributed by atoms with Crippen LogP contribution in [0.2, 0.25) is 0 Å². The third kappa shape index (κ3) is 4.66. The van der Waals surface area contributed by atoms with Crippen LogP contribution in [-0.4, -0.2) is 24.4 Å². The van der Waals surface area contributed by atoms with Gasteiger partial charge in [0.1, 0.15) is 5.82 Å². The van der Waals surface area contributed by atoms with E-state index in [1.807, 2.05) is 19.1 Å². The molecule has 0 heterocycles.